The number of para-hydroxylation sites is 1. The van der Waals surface area contributed by atoms with Crippen molar-refractivity contribution >= 4 is 25.5 Å². The van der Waals surface area contributed by atoms with E-state index < -0.39 is 19.9 Å². The summed E-state index contributed by atoms with van der Waals surface area (Å²) in [5.74, 6) is 0. The number of anilines is 1. The molecule has 0 aliphatic rings. The molecule has 0 spiro atoms. The second-order valence-electron chi connectivity index (χ2n) is 6.14. The molecular weight excluding hydrogens is 382 g/mol. The third-order valence-corrected chi connectivity index (χ3v) is 6.75. The monoisotopic (exact) mass is 401 g/mol. The molecule has 27 heavy (non-hydrogen) atoms. The molecule has 0 aliphatic carbocycles. The van der Waals surface area contributed by atoms with E-state index >= 15 is 0 Å². The lowest BCUT2D eigenvalue weighted by atomic mass is 10.0. The van der Waals surface area contributed by atoms with Gasteiger partial charge in [0.15, 0.2) is 9.84 Å². The van der Waals surface area contributed by atoms with Gasteiger partial charge in [-0.1, -0.05) is 60.7 Å². The van der Waals surface area contributed by atoms with Crippen LogP contribution in [0.25, 0.3) is 0 Å². The molecule has 0 amide bonds. The van der Waals surface area contributed by atoms with Crippen LogP contribution in [0.15, 0.2) is 88.7 Å². The molecule has 0 saturated carbocycles. The zero-order valence-corrected chi connectivity index (χ0v) is 16.3. The maximum absolute atomic E-state index is 12.9. The fourth-order valence-electron chi connectivity index (χ4n) is 2.77. The SMILES string of the molecule is CS(=O)(=O)c1ccccc1S(=O)(=O)Nc1ccccc1Cc1ccccc1. The summed E-state index contributed by atoms with van der Waals surface area (Å²) in [4.78, 5) is -0.486. The Hall–Kier alpha value is -2.64. The molecule has 0 saturated heterocycles. The van der Waals surface area contributed by atoms with Crippen LogP contribution in [-0.2, 0) is 26.3 Å². The van der Waals surface area contributed by atoms with E-state index in [0.717, 1.165) is 17.4 Å². The highest BCUT2D eigenvalue weighted by atomic mass is 32.2. The Morgan fingerprint density at radius 3 is 1.93 bits per heavy atom. The molecule has 140 valence electrons. The van der Waals surface area contributed by atoms with Crippen LogP contribution in [0.1, 0.15) is 11.1 Å². The largest absolute Gasteiger partial charge is 0.279 e. The van der Waals surface area contributed by atoms with Gasteiger partial charge in [-0.25, -0.2) is 16.8 Å². The molecule has 0 bridgehead atoms. The molecule has 1 N–H and O–H groups in total. The first-order chi connectivity index (χ1) is 12.8. The van der Waals surface area contributed by atoms with E-state index in [0.29, 0.717) is 12.1 Å². The van der Waals surface area contributed by atoms with Gasteiger partial charge in [-0.15, -0.1) is 0 Å². The maximum Gasteiger partial charge on any atom is 0.263 e. The molecule has 0 unspecified atom stereocenters. The predicted molar refractivity (Wildman–Crippen MR) is 106 cm³/mol. The Morgan fingerprint density at radius 1 is 0.704 bits per heavy atom. The lowest BCUT2D eigenvalue weighted by Gasteiger charge is -2.14. The van der Waals surface area contributed by atoms with Gasteiger partial charge in [0, 0.05) is 6.26 Å². The number of hydrogen-bond acceptors (Lipinski definition) is 4. The van der Waals surface area contributed by atoms with Crippen molar-refractivity contribution in [3.63, 3.8) is 0 Å². The second-order valence-corrected chi connectivity index (χ2v) is 9.78. The number of hydrogen-bond donors (Lipinski definition) is 1. The van der Waals surface area contributed by atoms with Crippen LogP contribution in [0.4, 0.5) is 5.69 Å². The summed E-state index contributed by atoms with van der Waals surface area (Å²) in [6, 6.07) is 22.3. The van der Waals surface area contributed by atoms with Crippen molar-refractivity contribution in [2.45, 2.75) is 16.2 Å². The molecule has 7 heteroatoms. The summed E-state index contributed by atoms with van der Waals surface area (Å²) in [6.07, 6.45) is 1.54. The highest BCUT2D eigenvalue weighted by Crippen LogP contribution is 2.26. The fourth-order valence-corrected chi connectivity index (χ4v) is 5.50. The van der Waals surface area contributed by atoms with E-state index in [-0.39, 0.29) is 9.79 Å². The highest BCUT2D eigenvalue weighted by Gasteiger charge is 2.24. The summed E-state index contributed by atoms with van der Waals surface area (Å²) < 4.78 is 52.3. The van der Waals surface area contributed by atoms with Crippen LogP contribution < -0.4 is 4.72 Å². The van der Waals surface area contributed by atoms with Crippen LogP contribution in [0.3, 0.4) is 0 Å². The molecule has 0 aliphatic heterocycles. The summed E-state index contributed by atoms with van der Waals surface area (Å²) in [5.41, 5.74) is 2.26. The van der Waals surface area contributed by atoms with Gasteiger partial charge in [-0.3, -0.25) is 4.72 Å². The van der Waals surface area contributed by atoms with E-state index in [9.17, 15) is 16.8 Å². The number of rotatable bonds is 6. The van der Waals surface area contributed by atoms with Gasteiger partial charge in [-0.05, 0) is 35.7 Å². The Kier molecular flexibility index (Phi) is 5.34. The normalized spacial score (nSPS) is 11.9. The van der Waals surface area contributed by atoms with Gasteiger partial charge in [0.05, 0.1) is 10.6 Å². The van der Waals surface area contributed by atoms with Crippen LogP contribution in [0.5, 0.6) is 0 Å². The molecule has 0 radical (unpaired) electrons. The first kappa shape index (κ1) is 19.1. The Balaban J connectivity index is 1.99. The summed E-state index contributed by atoms with van der Waals surface area (Å²) in [7, 11) is -7.76. The van der Waals surface area contributed by atoms with Gasteiger partial charge in [0.1, 0.15) is 4.90 Å². The quantitative estimate of drug-likeness (QED) is 0.686. The highest BCUT2D eigenvalue weighted by molar-refractivity contribution is 7.95. The van der Waals surface area contributed by atoms with Gasteiger partial charge in [0.25, 0.3) is 10.0 Å². The first-order valence-corrected chi connectivity index (χ1v) is 11.6. The number of benzene rings is 3. The topological polar surface area (TPSA) is 80.3 Å². The van der Waals surface area contributed by atoms with E-state index in [2.05, 4.69) is 4.72 Å². The third kappa shape index (κ3) is 4.56. The molecule has 3 rings (SSSR count). The van der Waals surface area contributed by atoms with E-state index in [1.165, 1.54) is 24.3 Å². The Bertz CT molecular complexity index is 1160. The maximum atomic E-state index is 12.9. The molecule has 0 fully saturated rings. The minimum atomic E-state index is -4.07. The zero-order chi connectivity index (χ0) is 19.5. The van der Waals surface area contributed by atoms with E-state index in [4.69, 9.17) is 0 Å². The van der Waals surface area contributed by atoms with Crippen LogP contribution in [0.2, 0.25) is 0 Å². The molecule has 3 aromatic carbocycles. The number of nitrogens with one attached hydrogen (secondary N) is 1. The van der Waals surface area contributed by atoms with Crippen molar-refractivity contribution < 1.29 is 16.8 Å². The third-order valence-electron chi connectivity index (χ3n) is 4.04. The number of sulfonamides is 1. The standard InChI is InChI=1S/C20H19NO4S2/c1-26(22,23)19-13-7-8-14-20(19)27(24,25)21-18-12-6-5-11-17(18)15-16-9-3-2-4-10-16/h2-14,21H,15H2,1H3. The van der Waals surface area contributed by atoms with Crippen molar-refractivity contribution in [1.82, 2.24) is 0 Å². The van der Waals surface area contributed by atoms with Crippen molar-refractivity contribution in [3.05, 3.63) is 90.0 Å². The average Bonchev–Trinajstić information content (AvgIpc) is 2.63. The summed E-state index contributed by atoms with van der Waals surface area (Å²) >= 11 is 0. The second kappa shape index (κ2) is 7.54. The minimum absolute atomic E-state index is 0.224. The van der Waals surface area contributed by atoms with E-state index in [1.54, 1.807) is 12.1 Å². The first-order valence-electron chi connectivity index (χ1n) is 8.21. The van der Waals surface area contributed by atoms with Crippen molar-refractivity contribution in [2.75, 3.05) is 11.0 Å². The lowest BCUT2D eigenvalue weighted by Crippen LogP contribution is -2.17. The molecule has 3 aromatic rings. The minimum Gasteiger partial charge on any atom is -0.279 e. The number of sulfone groups is 1. The summed E-state index contributed by atoms with van der Waals surface area (Å²) in [6.45, 7) is 0. The average molecular weight is 402 g/mol. The van der Waals surface area contributed by atoms with Gasteiger partial charge in [-0.2, -0.15) is 0 Å². The van der Waals surface area contributed by atoms with E-state index in [1.807, 2.05) is 42.5 Å². The van der Waals surface area contributed by atoms with Gasteiger partial charge in [0.2, 0.25) is 0 Å². The Labute approximate surface area is 159 Å². The van der Waals surface area contributed by atoms with Crippen molar-refractivity contribution in [1.29, 1.82) is 0 Å². The molecule has 0 atom stereocenters. The lowest BCUT2D eigenvalue weighted by molar-refractivity contribution is 0.588. The van der Waals surface area contributed by atoms with Gasteiger partial charge < -0.3 is 0 Å². The van der Waals surface area contributed by atoms with Crippen molar-refractivity contribution in [2.24, 2.45) is 0 Å². The van der Waals surface area contributed by atoms with Crippen LogP contribution in [0, 0.1) is 0 Å². The van der Waals surface area contributed by atoms with Gasteiger partial charge >= 0.3 is 0 Å². The molecular formula is C20H19NO4S2. The smallest absolute Gasteiger partial charge is 0.263 e. The van der Waals surface area contributed by atoms with Crippen LogP contribution >= 0.6 is 0 Å². The van der Waals surface area contributed by atoms with Crippen molar-refractivity contribution in [3.8, 4) is 0 Å². The van der Waals surface area contributed by atoms with Crippen LogP contribution in [-0.4, -0.2) is 23.1 Å². The molecule has 0 heterocycles. The molecule has 5 nitrogen and oxygen atoms in total. The zero-order valence-electron chi connectivity index (χ0n) is 14.7. The molecule has 0 aromatic heterocycles. The predicted octanol–water partition coefficient (Wildman–Crippen LogP) is 3.48. The summed E-state index contributed by atoms with van der Waals surface area (Å²) in [5, 5.41) is 0. The fraction of sp³-hybridized carbons (Fsp3) is 0.100. The Morgan fingerprint density at radius 2 is 1.26 bits per heavy atom.